The molecule has 1 aliphatic carbocycles. The molecule has 0 aromatic carbocycles. The molecule has 2 N–H and O–H groups in total. The molecule has 5 unspecified atom stereocenters. The molecule has 5 atom stereocenters. The number of rotatable bonds is 3. The number of nitrogens with zero attached hydrogens (tertiary/aromatic N) is 1. The first kappa shape index (κ1) is 22.8. The molecule has 158 valence electrons. The molecule has 2 rings (SSSR count). The highest BCUT2D eigenvalue weighted by Gasteiger charge is 2.46. The molecule has 27 heavy (non-hydrogen) atoms. The molecule has 2 fully saturated rings. The van der Waals surface area contributed by atoms with Gasteiger partial charge in [0.1, 0.15) is 10.3 Å². The fourth-order valence-corrected chi connectivity index (χ4v) is 5.21. The maximum atomic E-state index is 12.7. The van der Waals surface area contributed by atoms with Crippen molar-refractivity contribution in [1.29, 1.82) is 0 Å². The minimum atomic E-state index is -1.17. The van der Waals surface area contributed by atoms with Gasteiger partial charge in [-0.1, -0.05) is 0 Å². The standard InChI is InChI=1S/C20H38N2O4S/c1-19(2,3)26-18(24)22-10-7-8-14-12-15(13-23)17(16(14)9-11-22)21-27(25)20(4,5)6/h14-17,21,23H,7-13H2,1-6H3. The van der Waals surface area contributed by atoms with E-state index in [1.54, 1.807) is 0 Å². The van der Waals surface area contributed by atoms with E-state index in [-0.39, 0.29) is 29.4 Å². The van der Waals surface area contributed by atoms with E-state index in [9.17, 15) is 14.5 Å². The van der Waals surface area contributed by atoms with Crippen molar-refractivity contribution >= 4 is 17.5 Å². The third kappa shape index (κ3) is 6.24. The van der Waals surface area contributed by atoms with Gasteiger partial charge in [-0.25, -0.2) is 4.79 Å². The Bertz CT molecular complexity index is 503. The van der Waals surface area contributed by atoms with Crippen LogP contribution >= 0.6 is 0 Å². The Labute approximate surface area is 167 Å². The van der Waals surface area contributed by atoms with Gasteiger partial charge in [-0.15, -0.1) is 4.72 Å². The summed E-state index contributed by atoms with van der Waals surface area (Å²) in [5.41, 5.74) is -0.495. The van der Waals surface area contributed by atoms with Crippen molar-refractivity contribution in [2.45, 2.75) is 83.6 Å². The molecule has 7 heteroatoms. The van der Waals surface area contributed by atoms with Gasteiger partial charge in [0, 0.05) is 37.0 Å². The minimum Gasteiger partial charge on any atom is -0.598 e. The molecular weight excluding hydrogens is 364 g/mol. The van der Waals surface area contributed by atoms with Crippen LogP contribution in [0.2, 0.25) is 0 Å². The maximum absolute atomic E-state index is 12.7. The Kier molecular flexibility index (Phi) is 7.50. The maximum Gasteiger partial charge on any atom is 0.410 e. The van der Waals surface area contributed by atoms with E-state index in [4.69, 9.17) is 4.74 Å². The van der Waals surface area contributed by atoms with Crippen LogP contribution in [-0.2, 0) is 16.1 Å². The Hall–Kier alpha value is -0.500. The van der Waals surface area contributed by atoms with Crippen LogP contribution in [-0.4, -0.2) is 56.7 Å². The number of nitrogens with one attached hydrogen (secondary N) is 1. The Balaban J connectivity index is 2.07. The van der Waals surface area contributed by atoms with Crippen molar-refractivity contribution in [1.82, 2.24) is 9.62 Å². The predicted octanol–water partition coefficient (Wildman–Crippen LogP) is 3.07. The number of ether oxygens (including phenoxy) is 1. The molecule has 0 aromatic rings. The van der Waals surface area contributed by atoms with Crippen LogP contribution < -0.4 is 4.72 Å². The molecule has 0 bridgehead atoms. The highest BCUT2D eigenvalue weighted by atomic mass is 32.2. The van der Waals surface area contributed by atoms with Gasteiger partial charge in [0.25, 0.3) is 0 Å². The number of hydrogen-bond donors (Lipinski definition) is 2. The van der Waals surface area contributed by atoms with Crippen molar-refractivity contribution in [3.8, 4) is 0 Å². The number of carbonyl (C=O) groups is 1. The first-order valence-electron chi connectivity index (χ1n) is 10.2. The number of fused-ring (bicyclic) bond motifs is 1. The third-order valence-corrected chi connectivity index (χ3v) is 7.20. The third-order valence-electron chi connectivity index (χ3n) is 5.60. The summed E-state index contributed by atoms with van der Waals surface area (Å²) in [5.74, 6) is 0.954. The van der Waals surface area contributed by atoms with E-state index in [1.165, 1.54) is 0 Å². The van der Waals surface area contributed by atoms with Gasteiger partial charge in [-0.2, -0.15) is 0 Å². The van der Waals surface area contributed by atoms with Gasteiger partial charge < -0.3 is 19.3 Å². The lowest BCUT2D eigenvalue weighted by Crippen LogP contribution is -2.50. The molecule has 0 radical (unpaired) electrons. The van der Waals surface area contributed by atoms with Crippen molar-refractivity contribution < 1.29 is 19.2 Å². The van der Waals surface area contributed by atoms with Gasteiger partial charge in [0.2, 0.25) is 0 Å². The number of hydrogen-bond acceptors (Lipinski definition) is 5. The zero-order valence-corrected chi connectivity index (χ0v) is 18.6. The quantitative estimate of drug-likeness (QED) is 0.709. The van der Waals surface area contributed by atoms with Gasteiger partial charge in [0.05, 0.1) is 6.04 Å². The normalized spacial score (nSPS) is 31.0. The summed E-state index contributed by atoms with van der Waals surface area (Å²) in [4.78, 5) is 14.3. The van der Waals surface area contributed by atoms with Crippen LogP contribution in [0.5, 0.6) is 0 Å². The van der Waals surface area contributed by atoms with Crippen molar-refractivity contribution in [2.75, 3.05) is 19.7 Å². The number of carbonyl (C=O) groups excluding carboxylic acids is 1. The summed E-state index contributed by atoms with van der Waals surface area (Å²) in [6, 6.07) is 0.0265. The van der Waals surface area contributed by atoms with Crippen molar-refractivity contribution in [3.05, 3.63) is 0 Å². The Morgan fingerprint density at radius 2 is 1.89 bits per heavy atom. The summed E-state index contributed by atoms with van der Waals surface area (Å²) in [6.45, 7) is 13.0. The second kappa shape index (κ2) is 8.89. The highest BCUT2D eigenvalue weighted by molar-refractivity contribution is 7.90. The van der Waals surface area contributed by atoms with Crippen LogP contribution in [0.15, 0.2) is 0 Å². The number of aliphatic hydroxyl groups excluding tert-OH is 1. The van der Waals surface area contributed by atoms with Gasteiger partial charge in [-0.05, 0) is 79.1 Å². The monoisotopic (exact) mass is 402 g/mol. The van der Waals surface area contributed by atoms with Gasteiger partial charge >= 0.3 is 6.09 Å². The lowest BCUT2D eigenvalue weighted by atomic mass is 9.86. The molecule has 1 heterocycles. The van der Waals surface area contributed by atoms with Crippen molar-refractivity contribution in [2.24, 2.45) is 17.8 Å². The zero-order valence-electron chi connectivity index (χ0n) is 17.8. The molecule has 2 aliphatic rings. The van der Waals surface area contributed by atoms with Gasteiger partial charge in [0.15, 0.2) is 0 Å². The lowest BCUT2D eigenvalue weighted by molar-refractivity contribution is 0.0210. The minimum absolute atomic E-state index is 0.0265. The van der Waals surface area contributed by atoms with E-state index in [1.807, 2.05) is 46.4 Å². The molecular formula is C20H38N2O4S. The van der Waals surface area contributed by atoms with Crippen LogP contribution in [0.4, 0.5) is 4.79 Å². The molecule has 0 spiro atoms. The molecule has 6 nitrogen and oxygen atoms in total. The summed E-state index contributed by atoms with van der Waals surface area (Å²) in [5, 5.41) is 9.88. The average Bonchev–Trinajstić information content (AvgIpc) is 2.80. The topological polar surface area (TPSA) is 84.9 Å². The summed E-state index contributed by atoms with van der Waals surface area (Å²) < 4.78 is 21.2. The average molecular weight is 403 g/mol. The second-order valence-corrected chi connectivity index (χ2v) is 12.0. The fourth-order valence-electron chi connectivity index (χ4n) is 4.24. The van der Waals surface area contributed by atoms with Crippen LogP contribution in [0, 0.1) is 17.8 Å². The molecule has 0 aromatic heterocycles. The summed E-state index contributed by atoms with van der Waals surface area (Å²) in [7, 11) is 0. The predicted molar refractivity (Wildman–Crippen MR) is 109 cm³/mol. The van der Waals surface area contributed by atoms with Crippen LogP contribution in [0.25, 0.3) is 0 Å². The SMILES string of the molecule is CC(C)(C)OC(=O)N1CCCC2CC(CO)C(N[S+]([O-])C(C)(C)C)C2CC1. The number of aliphatic hydroxyl groups is 1. The van der Waals surface area contributed by atoms with E-state index in [0.29, 0.717) is 24.9 Å². The largest absolute Gasteiger partial charge is 0.598 e. The zero-order chi connectivity index (χ0) is 20.4. The van der Waals surface area contributed by atoms with E-state index in [2.05, 4.69) is 4.72 Å². The molecule has 1 aliphatic heterocycles. The Morgan fingerprint density at radius 1 is 1.22 bits per heavy atom. The highest BCUT2D eigenvalue weighted by Crippen LogP contribution is 2.43. The smallest absolute Gasteiger partial charge is 0.410 e. The second-order valence-electron chi connectivity index (χ2n) is 10.0. The lowest BCUT2D eigenvalue weighted by Gasteiger charge is -2.35. The number of likely N-dealkylation sites (tertiary alicyclic amines) is 1. The van der Waals surface area contributed by atoms with E-state index in [0.717, 1.165) is 25.7 Å². The summed E-state index contributed by atoms with van der Waals surface area (Å²) >= 11 is -1.17. The van der Waals surface area contributed by atoms with Crippen LogP contribution in [0.1, 0.15) is 67.2 Å². The van der Waals surface area contributed by atoms with E-state index < -0.39 is 17.0 Å². The molecule has 1 saturated carbocycles. The molecule has 1 amide bonds. The molecule has 1 saturated heterocycles. The van der Waals surface area contributed by atoms with Gasteiger partial charge in [-0.3, -0.25) is 0 Å². The van der Waals surface area contributed by atoms with Crippen molar-refractivity contribution in [3.63, 3.8) is 0 Å². The van der Waals surface area contributed by atoms with Crippen LogP contribution in [0.3, 0.4) is 0 Å². The first-order valence-corrected chi connectivity index (χ1v) is 11.3. The summed E-state index contributed by atoms with van der Waals surface area (Å²) in [6.07, 6.45) is 3.53. The number of amides is 1. The van der Waals surface area contributed by atoms with E-state index >= 15 is 0 Å². The first-order chi connectivity index (χ1) is 12.4. The Morgan fingerprint density at radius 3 is 2.44 bits per heavy atom. The fraction of sp³-hybridized carbons (Fsp3) is 0.950.